The number of hydrogen-bond donors (Lipinski definition) is 1. The maximum Gasteiger partial charge on any atom is 0.234 e. The van der Waals surface area contributed by atoms with E-state index in [-0.39, 0.29) is 5.91 Å². The number of carbonyl (C=O) groups is 1. The van der Waals surface area contributed by atoms with Crippen molar-refractivity contribution in [1.29, 1.82) is 0 Å². The van der Waals surface area contributed by atoms with Crippen LogP contribution in [0.4, 0.5) is 5.69 Å². The quantitative estimate of drug-likeness (QED) is 0.656. The summed E-state index contributed by atoms with van der Waals surface area (Å²) in [6.07, 6.45) is 1.81. The van der Waals surface area contributed by atoms with Crippen molar-refractivity contribution in [2.45, 2.75) is 12.1 Å². The molecule has 0 aliphatic carbocycles. The minimum absolute atomic E-state index is 0.0460. The number of benzene rings is 2. The Labute approximate surface area is 156 Å². The number of thioether (sulfide) groups is 1. The fourth-order valence-electron chi connectivity index (χ4n) is 2.45. The van der Waals surface area contributed by atoms with E-state index in [0.29, 0.717) is 10.8 Å². The van der Waals surface area contributed by atoms with Gasteiger partial charge < -0.3 is 9.88 Å². The van der Waals surface area contributed by atoms with E-state index in [2.05, 4.69) is 10.3 Å². The Bertz CT molecular complexity index is 890. The summed E-state index contributed by atoms with van der Waals surface area (Å²) in [6.45, 7) is 1.97. The third-order valence-corrected chi connectivity index (χ3v) is 5.13. The number of anilines is 1. The van der Waals surface area contributed by atoms with Gasteiger partial charge in [0.05, 0.1) is 17.6 Å². The van der Waals surface area contributed by atoms with E-state index in [4.69, 9.17) is 11.6 Å². The normalized spacial score (nSPS) is 10.7. The monoisotopic (exact) mass is 371 g/mol. The molecule has 0 fully saturated rings. The Hall–Kier alpha value is -2.24. The molecule has 1 amide bonds. The van der Waals surface area contributed by atoms with Gasteiger partial charge in [0.1, 0.15) is 0 Å². The van der Waals surface area contributed by atoms with Crippen LogP contribution in [0, 0.1) is 6.92 Å². The van der Waals surface area contributed by atoms with E-state index >= 15 is 0 Å². The smallest absolute Gasteiger partial charge is 0.234 e. The van der Waals surface area contributed by atoms with Crippen molar-refractivity contribution in [3.05, 3.63) is 65.3 Å². The van der Waals surface area contributed by atoms with E-state index < -0.39 is 0 Å². The number of amides is 1. The number of rotatable bonds is 5. The maximum absolute atomic E-state index is 12.2. The molecule has 0 bridgehead atoms. The SMILES string of the molecule is Cc1ccccc1NC(=O)CSc1ncc(-c2ccc(Cl)cc2)n1C. The molecule has 0 spiro atoms. The van der Waals surface area contributed by atoms with Crippen LogP contribution in [0.25, 0.3) is 11.3 Å². The zero-order chi connectivity index (χ0) is 17.8. The van der Waals surface area contributed by atoms with Gasteiger partial charge in [0, 0.05) is 17.8 Å². The van der Waals surface area contributed by atoms with Gasteiger partial charge in [-0.1, -0.05) is 53.7 Å². The van der Waals surface area contributed by atoms with E-state index in [1.807, 2.05) is 73.3 Å². The van der Waals surface area contributed by atoms with Gasteiger partial charge in [-0.15, -0.1) is 0 Å². The Morgan fingerprint density at radius 1 is 1.20 bits per heavy atom. The molecule has 0 radical (unpaired) electrons. The average molecular weight is 372 g/mol. The molecule has 128 valence electrons. The van der Waals surface area contributed by atoms with Crippen LogP contribution in [0.5, 0.6) is 0 Å². The molecule has 25 heavy (non-hydrogen) atoms. The van der Waals surface area contributed by atoms with Crippen LogP contribution in [0.2, 0.25) is 5.02 Å². The summed E-state index contributed by atoms with van der Waals surface area (Å²) in [4.78, 5) is 16.6. The molecule has 0 aliphatic rings. The molecule has 4 nitrogen and oxygen atoms in total. The summed E-state index contributed by atoms with van der Waals surface area (Å²) in [7, 11) is 1.94. The predicted molar refractivity (Wildman–Crippen MR) is 104 cm³/mol. The van der Waals surface area contributed by atoms with Crippen molar-refractivity contribution < 1.29 is 4.79 Å². The Morgan fingerprint density at radius 3 is 2.64 bits per heavy atom. The number of nitrogens with zero attached hydrogens (tertiary/aromatic N) is 2. The second-order valence-corrected chi connectivity index (χ2v) is 7.02. The first-order valence-corrected chi connectivity index (χ1v) is 9.17. The van der Waals surface area contributed by atoms with Gasteiger partial charge in [-0.25, -0.2) is 4.98 Å². The molecule has 3 rings (SSSR count). The van der Waals surface area contributed by atoms with Crippen molar-refractivity contribution in [1.82, 2.24) is 9.55 Å². The second-order valence-electron chi connectivity index (χ2n) is 5.64. The molecule has 1 heterocycles. The average Bonchev–Trinajstić information content (AvgIpc) is 2.97. The number of halogens is 1. The van der Waals surface area contributed by atoms with Gasteiger partial charge in [0.25, 0.3) is 0 Å². The van der Waals surface area contributed by atoms with Crippen LogP contribution >= 0.6 is 23.4 Å². The third kappa shape index (κ3) is 4.24. The molecule has 2 aromatic carbocycles. The highest BCUT2D eigenvalue weighted by molar-refractivity contribution is 7.99. The van der Waals surface area contributed by atoms with E-state index in [1.54, 1.807) is 0 Å². The highest BCUT2D eigenvalue weighted by Crippen LogP contribution is 2.26. The lowest BCUT2D eigenvalue weighted by Gasteiger charge is -2.08. The molecule has 0 unspecified atom stereocenters. The number of imidazole rings is 1. The molecule has 0 atom stereocenters. The molecular formula is C19H18ClN3OS. The standard InChI is InChI=1S/C19H18ClN3OS/c1-13-5-3-4-6-16(13)22-18(24)12-25-19-21-11-17(23(19)2)14-7-9-15(20)10-8-14/h3-11H,12H2,1-2H3,(H,22,24). The number of carbonyl (C=O) groups excluding carboxylic acids is 1. The Morgan fingerprint density at radius 2 is 1.92 bits per heavy atom. The molecule has 0 saturated heterocycles. The first-order valence-electron chi connectivity index (χ1n) is 7.80. The topological polar surface area (TPSA) is 46.9 Å². The van der Waals surface area contributed by atoms with Gasteiger partial charge >= 0.3 is 0 Å². The Kier molecular flexibility index (Phi) is 5.46. The van der Waals surface area contributed by atoms with Crippen molar-refractivity contribution in [2.24, 2.45) is 7.05 Å². The summed E-state index contributed by atoms with van der Waals surface area (Å²) in [5, 5.41) is 4.43. The fourth-order valence-corrected chi connectivity index (χ4v) is 3.32. The van der Waals surface area contributed by atoms with Crippen LogP contribution in [-0.2, 0) is 11.8 Å². The summed E-state index contributed by atoms with van der Waals surface area (Å²) >= 11 is 7.35. The van der Waals surface area contributed by atoms with Crippen LogP contribution < -0.4 is 5.32 Å². The van der Waals surface area contributed by atoms with Crippen molar-refractivity contribution in [2.75, 3.05) is 11.1 Å². The number of nitrogens with one attached hydrogen (secondary N) is 1. The minimum atomic E-state index is -0.0460. The van der Waals surface area contributed by atoms with Gasteiger partial charge in [0.15, 0.2) is 5.16 Å². The molecule has 0 saturated carbocycles. The van der Waals surface area contributed by atoms with Crippen molar-refractivity contribution in [3.63, 3.8) is 0 Å². The highest BCUT2D eigenvalue weighted by atomic mass is 35.5. The molecule has 1 N–H and O–H groups in total. The zero-order valence-electron chi connectivity index (χ0n) is 14.0. The van der Waals surface area contributed by atoms with Crippen LogP contribution in [0.15, 0.2) is 59.9 Å². The second kappa shape index (κ2) is 7.76. The molecule has 6 heteroatoms. The van der Waals surface area contributed by atoms with Crippen molar-refractivity contribution >= 4 is 35.0 Å². The number of aromatic nitrogens is 2. The largest absolute Gasteiger partial charge is 0.325 e. The van der Waals surface area contributed by atoms with E-state index in [9.17, 15) is 4.79 Å². The van der Waals surface area contributed by atoms with E-state index in [1.165, 1.54) is 11.8 Å². The van der Waals surface area contributed by atoms with Gasteiger partial charge in [-0.3, -0.25) is 4.79 Å². The summed E-state index contributed by atoms with van der Waals surface area (Å²) in [5.41, 5.74) is 3.91. The van der Waals surface area contributed by atoms with Crippen LogP contribution in [0.3, 0.4) is 0 Å². The van der Waals surface area contributed by atoms with E-state index in [0.717, 1.165) is 27.7 Å². The lowest BCUT2D eigenvalue weighted by atomic mass is 10.2. The number of hydrogen-bond acceptors (Lipinski definition) is 3. The Balaban J connectivity index is 1.65. The lowest BCUT2D eigenvalue weighted by molar-refractivity contribution is -0.113. The van der Waals surface area contributed by atoms with Gasteiger partial charge in [-0.05, 0) is 36.2 Å². The zero-order valence-corrected chi connectivity index (χ0v) is 15.6. The van der Waals surface area contributed by atoms with Gasteiger partial charge in [-0.2, -0.15) is 0 Å². The molecule has 0 aliphatic heterocycles. The lowest BCUT2D eigenvalue weighted by Crippen LogP contribution is -2.15. The van der Waals surface area contributed by atoms with Crippen LogP contribution in [0.1, 0.15) is 5.56 Å². The molecule has 1 aromatic heterocycles. The minimum Gasteiger partial charge on any atom is -0.325 e. The van der Waals surface area contributed by atoms with Gasteiger partial charge in [0.2, 0.25) is 5.91 Å². The highest BCUT2D eigenvalue weighted by Gasteiger charge is 2.12. The predicted octanol–water partition coefficient (Wildman–Crippen LogP) is 4.78. The van der Waals surface area contributed by atoms with Crippen molar-refractivity contribution in [3.8, 4) is 11.3 Å². The summed E-state index contributed by atoms with van der Waals surface area (Å²) < 4.78 is 1.98. The third-order valence-electron chi connectivity index (χ3n) is 3.84. The maximum atomic E-state index is 12.2. The summed E-state index contributed by atoms with van der Waals surface area (Å²) in [5.74, 6) is 0.259. The van der Waals surface area contributed by atoms with Crippen LogP contribution in [-0.4, -0.2) is 21.2 Å². The molecular weight excluding hydrogens is 354 g/mol. The molecule has 3 aromatic rings. The first-order chi connectivity index (χ1) is 12.0. The first kappa shape index (κ1) is 17.6. The fraction of sp³-hybridized carbons (Fsp3) is 0.158. The number of para-hydroxylation sites is 1. The number of aryl methyl sites for hydroxylation is 1. The summed E-state index contributed by atoms with van der Waals surface area (Å²) in [6, 6.07) is 15.4.